The molecule has 0 radical (unpaired) electrons. The van der Waals surface area contributed by atoms with E-state index in [1.165, 1.54) is 4.90 Å². The largest absolute Gasteiger partial charge is 0.392 e. The summed E-state index contributed by atoms with van der Waals surface area (Å²) in [5.41, 5.74) is 2.19. The molecule has 1 aromatic carbocycles. The van der Waals surface area contributed by atoms with Gasteiger partial charge in [-0.2, -0.15) is 0 Å². The molecule has 2 unspecified atom stereocenters. The number of carbonyl (C=O) groups excluding carboxylic acids is 1. The van der Waals surface area contributed by atoms with Crippen LogP contribution < -0.4 is 5.32 Å². The van der Waals surface area contributed by atoms with Gasteiger partial charge < -0.3 is 15.3 Å². The van der Waals surface area contributed by atoms with Crippen molar-refractivity contribution in [1.82, 2.24) is 10.2 Å². The molecule has 2 atom stereocenters. The lowest BCUT2D eigenvalue weighted by molar-refractivity contribution is 0.138. The van der Waals surface area contributed by atoms with Crippen LogP contribution in [0, 0.1) is 12.3 Å². The number of aliphatic hydroxyl groups excluding tert-OH is 1. The zero-order valence-electron chi connectivity index (χ0n) is 14.0. The van der Waals surface area contributed by atoms with E-state index in [0.29, 0.717) is 6.54 Å². The lowest BCUT2D eigenvalue weighted by atomic mass is 9.81. The van der Waals surface area contributed by atoms with Crippen molar-refractivity contribution in [3.05, 3.63) is 35.4 Å². The molecule has 1 aromatic rings. The predicted molar refractivity (Wildman–Crippen MR) is 86.2 cm³/mol. The van der Waals surface area contributed by atoms with Crippen LogP contribution in [0.25, 0.3) is 0 Å². The number of hydrogen-bond acceptors (Lipinski definition) is 2. The van der Waals surface area contributed by atoms with Crippen molar-refractivity contribution < 1.29 is 9.90 Å². The zero-order chi connectivity index (χ0) is 16.2. The molecule has 0 bridgehead atoms. The normalized spacial score (nSPS) is 14.4. The third kappa shape index (κ3) is 5.05. The van der Waals surface area contributed by atoms with Gasteiger partial charge in [0.1, 0.15) is 0 Å². The number of likely N-dealkylation sites (N-methyl/N-ethyl adjacent to an activating group) is 1. The molecule has 118 valence electrons. The molecule has 0 saturated carbocycles. The first kappa shape index (κ1) is 17.5. The molecule has 2 N–H and O–H groups in total. The number of hydrogen-bond donors (Lipinski definition) is 2. The summed E-state index contributed by atoms with van der Waals surface area (Å²) >= 11 is 0. The van der Waals surface area contributed by atoms with Gasteiger partial charge in [-0.05, 0) is 30.4 Å². The molecule has 2 amide bonds. The number of aryl methyl sites for hydroxylation is 1. The van der Waals surface area contributed by atoms with E-state index in [1.54, 1.807) is 14.0 Å². The Balaban J connectivity index is 2.96. The highest BCUT2D eigenvalue weighted by Crippen LogP contribution is 2.34. The van der Waals surface area contributed by atoms with E-state index in [1.807, 2.05) is 12.1 Å². The fourth-order valence-electron chi connectivity index (χ4n) is 2.38. The smallest absolute Gasteiger partial charge is 0.317 e. The Hall–Kier alpha value is -1.55. The van der Waals surface area contributed by atoms with Crippen LogP contribution >= 0.6 is 0 Å². The number of urea groups is 1. The highest BCUT2D eigenvalue weighted by atomic mass is 16.3. The van der Waals surface area contributed by atoms with Crippen LogP contribution in [0.2, 0.25) is 0 Å². The third-order valence-corrected chi connectivity index (χ3v) is 3.52. The van der Waals surface area contributed by atoms with Crippen molar-refractivity contribution in [2.75, 3.05) is 13.6 Å². The van der Waals surface area contributed by atoms with E-state index in [-0.39, 0.29) is 17.5 Å². The maximum atomic E-state index is 12.3. The van der Waals surface area contributed by atoms with Crippen molar-refractivity contribution in [1.29, 1.82) is 0 Å². The lowest BCUT2D eigenvalue weighted by Crippen LogP contribution is -2.45. The molecule has 4 nitrogen and oxygen atoms in total. The van der Waals surface area contributed by atoms with Gasteiger partial charge >= 0.3 is 6.03 Å². The second kappa shape index (κ2) is 6.94. The highest BCUT2D eigenvalue weighted by Gasteiger charge is 2.29. The Bertz CT molecular complexity index is 478. The summed E-state index contributed by atoms with van der Waals surface area (Å²) in [5, 5.41) is 12.5. The summed E-state index contributed by atoms with van der Waals surface area (Å²) in [6, 6.07) is 7.86. The Kier molecular flexibility index (Phi) is 5.78. The van der Waals surface area contributed by atoms with E-state index in [2.05, 4.69) is 45.1 Å². The highest BCUT2D eigenvalue weighted by molar-refractivity contribution is 5.74. The molecule has 0 aromatic heterocycles. The molecule has 0 aliphatic carbocycles. The quantitative estimate of drug-likeness (QED) is 0.896. The van der Waals surface area contributed by atoms with Crippen molar-refractivity contribution in [3.8, 4) is 0 Å². The minimum atomic E-state index is -0.535. The zero-order valence-corrected chi connectivity index (χ0v) is 14.0. The topological polar surface area (TPSA) is 52.6 Å². The van der Waals surface area contributed by atoms with Gasteiger partial charge in [-0.25, -0.2) is 4.79 Å². The number of aliphatic hydroxyl groups is 1. The number of rotatable bonds is 4. The first-order chi connectivity index (χ1) is 9.62. The summed E-state index contributed by atoms with van der Waals surface area (Å²) in [6.07, 6.45) is -0.535. The van der Waals surface area contributed by atoms with E-state index in [0.717, 1.165) is 11.1 Å². The van der Waals surface area contributed by atoms with E-state index in [9.17, 15) is 9.90 Å². The van der Waals surface area contributed by atoms with Gasteiger partial charge in [-0.1, -0.05) is 45.0 Å². The van der Waals surface area contributed by atoms with Gasteiger partial charge in [0.15, 0.2) is 0 Å². The number of amides is 2. The minimum Gasteiger partial charge on any atom is -0.392 e. The molecule has 4 heteroatoms. The van der Waals surface area contributed by atoms with Crippen molar-refractivity contribution in [2.24, 2.45) is 5.41 Å². The summed E-state index contributed by atoms with van der Waals surface area (Å²) in [7, 11) is 1.69. The van der Waals surface area contributed by atoms with Crippen LogP contribution in [-0.4, -0.2) is 35.7 Å². The first-order valence-corrected chi connectivity index (χ1v) is 7.38. The molecule has 0 aliphatic rings. The third-order valence-electron chi connectivity index (χ3n) is 3.52. The summed E-state index contributed by atoms with van der Waals surface area (Å²) in [6.45, 7) is 10.4. The second-order valence-corrected chi connectivity index (χ2v) is 6.83. The van der Waals surface area contributed by atoms with E-state index in [4.69, 9.17) is 0 Å². The first-order valence-electron chi connectivity index (χ1n) is 7.38. The van der Waals surface area contributed by atoms with Crippen molar-refractivity contribution >= 4 is 6.03 Å². The van der Waals surface area contributed by atoms with Gasteiger partial charge in [-0.15, -0.1) is 0 Å². The van der Waals surface area contributed by atoms with Gasteiger partial charge in [0.05, 0.1) is 12.1 Å². The molecule has 0 aliphatic heterocycles. The van der Waals surface area contributed by atoms with E-state index >= 15 is 0 Å². The molecule has 21 heavy (non-hydrogen) atoms. The predicted octanol–water partition coefficient (Wildman–Crippen LogP) is 3.10. The maximum Gasteiger partial charge on any atom is 0.317 e. The Morgan fingerprint density at radius 2 is 1.90 bits per heavy atom. The monoisotopic (exact) mass is 292 g/mol. The molecule has 0 saturated heterocycles. The van der Waals surface area contributed by atoms with Crippen LogP contribution in [0.5, 0.6) is 0 Å². The van der Waals surface area contributed by atoms with Crippen LogP contribution in [-0.2, 0) is 0 Å². The van der Waals surface area contributed by atoms with Gasteiger partial charge in [-0.3, -0.25) is 0 Å². The van der Waals surface area contributed by atoms with E-state index < -0.39 is 6.10 Å². The average molecular weight is 292 g/mol. The second-order valence-electron chi connectivity index (χ2n) is 6.83. The van der Waals surface area contributed by atoms with Gasteiger partial charge in [0.25, 0.3) is 0 Å². The molecule has 0 spiro atoms. The van der Waals surface area contributed by atoms with Crippen molar-refractivity contribution in [3.63, 3.8) is 0 Å². The number of benzene rings is 1. The Morgan fingerprint density at radius 3 is 2.38 bits per heavy atom. The minimum absolute atomic E-state index is 0.0809. The van der Waals surface area contributed by atoms with Crippen molar-refractivity contribution in [2.45, 2.75) is 46.8 Å². The molecule has 0 heterocycles. The summed E-state index contributed by atoms with van der Waals surface area (Å²) in [4.78, 5) is 13.8. The standard InChI is InChI=1S/C17H28N2O2/c1-12-9-7-8-10-14(12)15(17(3,4)5)18-16(21)19(6)11-13(2)20/h7-10,13,15,20H,11H2,1-6H3,(H,18,21). The Morgan fingerprint density at radius 1 is 1.33 bits per heavy atom. The number of nitrogens with zero attached hydrogens (tertiary/aromatic N) is 1. The van der Waals surface area contributed by atoms with Gasteiger partial charge in [0, 0.05) is 13.6 Å². The van der Waals surface area contributed by atoms with Crippen LogP contribution in [0.3, 0.4) is 0 Å². The summed E-state index contributed by atoms with van der Waals surface area (Å²) in [5.74, 6) is 0. The van der Waals surface area contributed by atoms with Gasteiger partial charge in [0.2, 0.25) is 0 Å². The maximum absolute atomic E-state index is 12.3. The molecular weight excluding hydrogens is 264 g/mol. The fraction of sp³-hybridized carbons (Fsp3) is 0.588. The van der Waals surface area contributed by atoms with Crippen LogP contribution in [0.15, 0.2) is 24.3 Å². The molecule has 1 rings (SSSR count). The van der Waals surface area contributed by atoms with Crippen LogP contribution in [0.1, 0.15) is 44.9 Å². The lowest BCUT2D eigenvalue weighted by Gasteiger charge is -2.34. The number of nitrogens with one attached hydrogen (secondary N) is 1. The Labute approximate surface area is 128 Å². The summed E-state index contributed by atoms with van der Waals surface area (Å²) < 4.78 is 0. The fourth-order valence-corrected chi connectivity index (χ4v) is 2.38. The molecule has 0 fully saturated rings. The SMILES string of the molecule is Cc1ccccc1C(NC(=O)N(C)CC(C)O)C(C)(C)C. The average Bonchev–Trinajstić information content (AvgIpc) is 2.34. The number of carbonyl (C=O) groups is 1. The van der Waals surface area contributed by atoms with Crippen LogP contribution in [0.4, 0.5) is 4.79 Å². The molecular formula is C17H28N2O2.